The molecular formula is C23H29IN2O4. The average molecular weight is 524 g/mol. The van der Waals surface area contributed by atoms with Crippen LogP contribution in [-0.2, 0) is 16.1 Å². The lowest BCUT2D eigenvalue weighted by molar-refractivity contribution is -0.142. The summed E-state index contributed by atoms with van der Waals surface area (Å²) in [6.07, 6.45) is 1.90. The maximum absolute atomic E-state index is 13.0. The minimum atomic E-state index is -0.614. The summed E-state index contributed by atoms with van der Waals surface area (Å²) in [6, 6.07) is 14.3. The van der Waals surface area contributed by atoms with Gasteiger partial charge in [0, 0.05) is 16.7 Å². The minimum absolute atomic E-state index is 0.136. The van der Waals surface area contributed by atoms with E-state index in [1.165, 1.54) is 0 Å². The lowest BCUT2D eigenvalue weighted by Gasteiger charge is -2.28. The topological polar surface area (TPSA) is 67.9 Å². The third kappa shape index (κ3) is 7.51. The maximum Gasteiger partial charge on any atom is 0.261 e. The summed E-state index contributed by atoms with van der Waals surface area (Å²) in [6.45, 7) is 4.58. The number of benzene rings is 2. The zero-order chi connectivity index (χ0) is 21.9. The highest BCUT2D eigenvalue weighted by molar-refractivity contribution is 14.1. The molecule has 2 aromatic carbocycles. The second-order valence-electron chi connectivity index (χ2n) is 6.93. The number of carbonyl (C=O) groups excluding carboxylic acids is 2. The molecular weight excluding hydrogens is 495 g/mol. The van der Waals surface area contributed by atoms with Gasteiger partial charge in [0.2, 0.25) is 5.91 Å². The third-order valence-electron chi connectivity index (χ3n) is 4.68. The number of carbonyl (C=O) groups is 2. The molecule has 1 N–H and O–H groups in total. The summed E-state index contributed by atoms with van der Waals surface area (Å²) in [5, 5.41) is 2.91. The van der Waals surface area contributed by atoms with Gasteiger partial charge in [-0.25, -0.2) is 0 Å². The quantitative estimate of drug-likeness (QED) is 0.357. The predicted molar refractivity (Wildman–Crippen MR) is 126 cm³/mol. The first kappa shape index (κ1) is 24.0. The van der Waals surface area contributed by atoms with E-state index in [0.29, 0.717) is 18.8 Å². The zero-order valence-corrected chi connectivity index (χ0v) is 19.8. The van der Waals surface area contributed by atoms with E-state index in [2.05, 4.69) is 34.8 Å². The Kier molecular flexibility index (Phi) is 9.93. The summed E-state index contributed by atoms with van der Waals surface area (Å²) < 4.78 is 11.9. The van der Waals surface area contributed by atoms with Crippen molar-refractivity contribution >= 4 is 34.4 Å². The van der Waals surface area contributed by atoms with Gasteiger partial charge in [-0.15, -0.1) is 0 Å². The lowest BCUT2D eigenvalue weighted by Crippen LogP contribution is -2.49. The summed E-state index contributed by atoms with van der Waals surface area (Å²) in [4.78, 5) is 27.1. The first-order valence-electron chi connectivity index (χ1n) is 10.0. The van der Waals surface area contributed by atoms with Crippen LogP contribution >= 0.6 is 22.6 Å². The van der Waals surface area contributed by atoms with Crippen LogP contribution in [0.15, 0.2) is 48.5 Å². The van der Waals surface area contributed by atoms with Gasteiger partial charge in [0.05, 0.1) is 7.11 Å². The average Bonchev–Trinajstić information content (AvgIpc) is 2.77. The van der Waals surface area contributed by atoms with Crippen LogP contribution in [0.2, 0.25) is 0 Å². The van der Waals surface area contributed by atoms with E-state index in [9.17, 15) is 9.59 Å². The number of nitrogens with zero attached hydrogens (tertiary/aromatic N) is 1. The van der Waals surface area contributed by atoms with E-state index in [0.717, 1.165) is 27.7 Å². The molecule has 0 radical (unpaired) electrons. The maximum atomic E-state index is 13.0. The van der Waals surface area contributed by atoms with Crippen LogP contribution in [0.1, 0.15) is 32.3 Å². The number of hydrogen-bond acceptors (Lipinski definition) is 4. The van der Waals surface area contributed by atoms with Gasteiger partial charge in [0.1, 0.15) is 17.5 Å². The molecule has 30 heavy (non-hydrogen) atoms. The van der Waals surface area contributed by atoms with Gasteiger partial charge < -0.3 is 19.7 Å². The van der Waals surface area contributed by atoms with Crippen molar-refractivity contribution < 1.29 is 19.1 Å². The van der Waals surface area contributed by atoms with Gasteiger partial charge in [-0.3, -0.25) is 9.59 Å². The number of halogens is 1. The Morgan fingerprint density at radius 2 is 1.70 bits per heavy atom. The molecule has 0 saturated heterocycles. The Balaban J connectivity index is 2.10. The number of hydrogen-bond donors (Lipinski definition) is 1. The zero-order valence-electron chi connectivity index (χ0n) is 17.7. The summed E-state index contributed by atoms with van der Waals surface area (Å²) in [7, 11) is 1.61. The monoisotopic (exact) mass is 524 g/mol. The first-order valence-corrected chi connectivity index (χ1v) is 11.1. The summed E-state index contributed by atoms with van der Waals surface area (Å²) >= 11 is 2.21. The number of rotatable bonds is 11. The Morgan fingerprint density at radius 3 is 2.30 bits per heavy atom. The Bertz CT molecular complexity index is 809. The predicted octanol–water partition coefficient (Wildman–Crippen LogP) is 4.01. The van der Waals surface area contributed by atoms with Crippen molar-refractivity contribution in [2.24, 2.45) is 0 Å². The fourth-order valence-electron chi connectivity index (χ4n) is 2.81. The molecule has 2 aromatic rings. The molecule has 0 aromatic heterocycles. The third-order valence-corrected chi connectivity index (χ3v) is 5.40. The molecule has 6 nitrogen and oxygen atoms in total. The van der Waals surface area contributed by atoms with Crippen molar-refractivity contribution in [3.8, 4) is 11.5 Å². The molecule has 162 valence electrons. The molecule has 7 heteroatoms. The van der Waals surface area contributed by atoms with Crippen LogP contribution in [0.25, 0.3) is 0 Å². The van der Waals surface area contributed by atoms with Crippen LogP contribution in [0, 0.1) is 3.57 Å². The Hall–Kier alpha value is -2.29. The van der Waals surface area contributed by atoms with Gasteiger partial charge in [-0.1, -0.05) is 25.5 Å². The molecule has 0 aliphatic carbocycles. The minimum Gasteiger partial charge on any atom is -0.497 e. The number of unbranched alkanes of at least 4 members (excludes halogenated alkanes) is 1. The van der Waals surface area contributed by atoms with Crippen LogP contribution in [-0.4, -0.2) is 43.0 Å². The van der Waals surface area contributed by atoms with Crippen LogP contribution < -0.4 is 14.8 Å². The van der Waals surface area contributed by atoms with Crippen LogP contribution in [0.3, 0.4) is 0 Å². The normalized spacial score (nSPS) is 11.5. The van der Waals surface area contributed by atoms with E-state index in [4.69, 9.17) is 9.47 Å². The molecule has 0 aliphatic rings. The number of amides is 2. The molecule has 0 aliphatic heterocycles. The number of methoxy groups -OCH3 is 1. The molecule has 0 spiro atoms. The van der Waals surface area contributed by atoms with E-state index >= 15 is 0 Å². The van der Waals surface area contributed by atoms with Crippen molar-refractivity contribution in [3.05, 3.63) is 57.7 Å². The van der Waals surface area contributed by atoms with E-state index in [1.807, 2.05) is 48.5 Å². The number of ether oxygens (including phenoxy) is 2. The Labute approximate surface area is 192 Å². The van der Waals surface area contributed by atoms with E-state index < -0.39 is 6.04 Å². The highest BCUT2D eigenvalue weighted by atomic mass is 127. The fraction of sp³-hybridized carbons (Fsp3) is 0.391. The van der Waals surface area contributed by atoms with E-state index in [-0.39, 0.29) is 18.4 Å². The Morgan fingerprint density at radius 1 is 1.07 bits per heavy atom. The molecule has 2 amide bonds. The van der Waals surface area contributed by atoms with Crippen molar-refractivity contribution in [2.45, 2.75) is 39.3 Å². The molecule has 0 heterocycles. The molecule has 1 atom stereocenters. The van der Waals surface area contributed by atoms with Gasteiger partial charge in [0.15, 0.2) is 6.61 Å². The molecule has 0 fully saturated rings. The van der Waals surface area contributed by atoms with Crippen molar-refractivity contribution in [1.29, 1.82) is 0 Å². The van der Waals surface area contributed by atoms with Gasteiger partial charge in [-0.05, 0) is 77.9 Å². The standard InChI is InChI=1S/C23H29IN2O4/c1-4-5-14-25-23(28)17(2)26(15-18-6-10-20(29-3)11-7-18)22(27)16-30-21-12-8-19(24)9-13-21/h6-13,17H,4-5,14-16H2,1-3H3,(H,25,28)/t17-/m0/s1. The van der Waals surface area contributed by atoms with E-state index in [1.54, 1.807) is 18.9 Å². The second-order valence-corrected chi connectivity index (χ2v) is 8.18. The van der Waals surface area contributed by atoms with Gasteiger partial charge >= 0.3 is 0 Å². The van der Waals surface area contributed by atoms with Crippen molar-refractivity contribution in [2.75, 3.05) is 20.3 Å². The molecule has 0 saturated carbocycles. The fourth-order valence-corrected chi connectivity index (χ4v) is 3.16. The molecule has 0 unspecified atom stereocenters. The number of nitrogens with one attached hydrogen (secondary N) is 1. The highest BCUT2D eigenvalue weighted by Gasteiger charge is 2.26. The second kappa shape index (κ2) is 12.4. The van der Waals surface area contributed by atoms with Gasteiger partial charge in [0.25, 0.3) is 5.91 Å². The van der Waals surface area contributed by atoms with Gasteiger partial charge in [-0.2, -0.15) is 0 Å². The van der Waals surface area contributed by atoms with Crippen molar-refractivity contribution in [3.63, 3.8) is 0 Å². The molecule has 0 bridgehead atoms. The summed E-state index contributed by atoms with van der Waals surface area (Å²) in [5.74, 6) is 0.944. The lowest BCUT2D eigenvalue weighted by atomic mass is 10.1. The summed E-state index contributed by atoms with van der Waals surface area (Å²) in [5.41, 5.74) is 0.909. The van der Waals surface area contributed by atoms with Crippen LogP contribution in [0.5, 0.6) is 11.5 Å². The SMILES string of the molecule is CCCCNC(=O)[C@H](C)N(Cc1ccc(OC)cc1)C(=O)COc1ccc(I)cc1. The molecule has 2 rings (SSSR count). The smallest absolute Gasteiger partial charge is 0.261 e. The van der Waals surface area contributed by atoms with Crippen molar-refractivity contribution in [1.82, 2.24) is 10.2 Å². The highest BCUT2D eigenvalue weighted by Crippen LogP contribution is 2.17. The largest absolute Gasteiger partial charge is 0.497 e. The first-order chi connectivity index (χ1) is 14.4. The van der Waals surface area contributed by atoms with Crippen LogP contribution in [0.4, 0.5) is 0 Å².